The minimum Gasteiger partial charge on any atom is -0.375 e. The molecular formula is C14H9ClF2N2O2. The number of carbonyl (C=O) groups excluding carboxylic acids is 1. The minimum absolute atomic E-state index is 0.0538. The van der Waals surface area contributed by atoms with Crippen molar-refractivity contribution in [3.05, 3.63) is 46.7 Å². The van der Waals surface area contributed by atoms with Gasteiger partial charge < -0.3 is 4.74 Å². The van der Waals surface area contributed by atoms with Crippen molar-refractivity contribution in [2.75, 3.05) is 13.7 Å². The average molecular weight is 311 g/mol. The van der Waals surface area contributed by atoms with E-state index in [9.17, 15) is 13.6 Å². The van der Waals surface area contributed by atoms with Crippen LogP contribution < -0.4 is 0 Å². The highest BCUT2D eigenvalue weighted by Crippen LogP contribution is 2.32. The lowest BCUT2D eigenvalue weighted by molar-refractivity contribution is 0.0762. The molecule has 4 nitrogen and oxygen atoms in total. The fourth-order valence-electron chi connectivity index (χ4n) is 1.83. The second-order valence-corrected chi connectivity index (χ2v) is 4.53. The second-order valence-electron chi connectivity index (χ2n) is 4.15. The zero-order valence-electron chi connectivity index (χ0n) is 10.9. The van der Waals surface area contributed by atoms with Gasteiger partial charge in [-0.2, -0.15) is 5.26 Å². The Morgan fingerprint density at radius 2 is 2.10 bits per heavy atom. The van der Waals surface area contributed by atoms with E-state index in [0.717, 1.165) is 16.7 Å². The van der Waals surface area contributed by atoms with E-state index in [-0.39, 0.29) is 23.3 Å². The summed E-state index contributed by atoms with van der Waals surface area (Å²) in [7, 11) is 1.35. The van der Waals surface area contributed by atoms with E-state index in [0.29, 0.717) is 0 Å². The Hall–Kier alpha value is -2.23. The Morgan fingerprint density at radius 3 is 2.71 bits per heavy atom. The molecule has 7 heteroatoms. The summed E-state index contributed by atoms with van der Waals surface area (Å²) in [6.45, 7) is -0.189. The largest absolute Gasteiger partial charge is 0.375 e. The molecule has 108 valence electrons. The zero-order chi connectivity index (χ0) is 15.6. The Balaban J connectivity index is 2.57. The van der Waals surface area contributed by atoms with Crippen LogP contribution in [0.15, 0.2) is 24.5 Å². The van der Waals surface area contributed by atoms with Gasteiger partial charge in [-0.1, -0.05) is 11.6 Å². The first-order chi connectivity index (χ1) is 9.99. The van der Waals surface area contributed by atoms with Crippen molar-refractivity contribution in [3.63, 3.8) is 0 Å². The highest BCUT2D eigenvalue weighted by Gasteiger charge is 2.19. The molecule has 2 aromatic rings. The molecule has 0 amide bonds. The minimum atomic E-state index is -0.981. The smallest absolute Gasteiger partial charge is 0.256 e. The van der Waals surface area contributed by atoms with Crippen LogP contribution >= 0.6 is 11.6 Å². The van der Waals surface area contributed by atoms with E-state index in [1.807, 2.05) is 6.07 Å². The number of hydrogen-bond donors (Lipinski definition) is 0. The molecule has 1 aromatic carbocycles. The Morgan fingerprint density at radius 1 is 1.38 bits per heavy atom. The maximum Gasteiger partial charge on any atom is 0.256 e. The second kappa shape index (κ2) is 6.04. The number of nitrogens with zero attached hydrogens (tertiary/aromatic N) is 2. The molecule has 1 aromatic heterocycles. The standard InChI is InChI=1S/C14H9ClF2N2O2/c1-21-7-12(20)19-5-8(4-18)10(6-19)9-2-3-11(16)13(15)14(9)17/h2-3,5-6H,7H2,1H3. The topological polar surface area (TPSA) is 55.0 Å². The first kappa shape index (κ1) is 15.2. The summed E-state index contributed by atoms with van der Waals surface area (Å²) in [5.41, 5.74) is 0.171. The van der Waals surface area contributed by atoms with E-state index in [1.54, 1.807) is 0 Å². The molecule has 0 spiro atoms. The Kier molecular flexibility index (Phi) is 4.36. The van der Waals surface area contributed by atoms with Gasteiger partial charge in [0.25, 0.3) is 5.91 Å². The monoisotopic (exact) mass is 310 g/mol. The molecule has 0 saturated heterocycles. The number of aromatic nitrogens is 1. The first-order valence-corrected chi connectivity index (χ1v) is 6.15. The fourth-order valence-corrected chi connectivity index (χ4v) is 2.00. The summed E-state index contributed by atoms with van der Waals surface area (Å²) in [6, 6.07) is 4.02. The van der Waals surface area contributed by atoms with Gasteiger partial charge in [0.2, 0.25) is 0 Å². The molecule has 0 unspecified atom stereocenters. The highest BCUT2D eigenvalue weighted by molar-refractivity contribution is 6.31. The first-order valence-electron chi connectivity index (χ1n) is 5.77. The number of hydrogen-bond acceptors (Lipinski definition) is 3. The molecule has 0 N–H and O–H groups in total. The van der Waals surface area contributed by atoms with Crippen molar-refractivity contribution in [2.45, 2.75) is 0 Å². The maximum absolute atomic E-state index is 14.0. The van der Waals surface area contributed by atoms with Crippen molar-refractivity contribution in [2.24, 2.45) is 0 Å². The van der Waals surface area contributed by atoms with Crippen LogP contribution in [0.4, 0.5) is 8.78 Å². The van der Waals surface area contributed by atoms with Crippen LogP contribution in [0, 0.1) is 23.0 Å². The van der Waals surface area contributed by atoms with Crippen LogP contribution in [-0.4, -0.2) is 24.2 Å². The van der Waals surface area contributed by atoms with Gasteiger partial charge in [-0.25, -0.2) is 8.78 Å². The van der Waals surface area contributed by atoms with Crippen molar-refractivity contribution in [3.8, 4) is 17.2 Å². The van der Waals surface area contributed by atoms with Crippen molar-refractivity contribution in [1.29, 1.82) is 5.26 Å². The molecule has 0 aliphatic heterocycles. The van der Waals surface area contributed by atoms with E-state index in [4.69, 9.17) is 21.6 Å². The summed E-state index contributed by atoms with van der Waals surface area (Å²) in [6.07, 6.45) is 2.54. The number of carbonyl (C=O) groups is 1. The Labute approximate surface area is 124 Å². The third-order valence-electron chi connectivity index (χ3n) is 2.83. The van der Waals surface area contributed by atoms with Crippen LogP contribution in [0.25, 0.3) is 11.1 Å². The molecular weight excluding hydrogens is 302 g/mol. The van der Waals surface area contributed by atoms with Crippen molar-refractivity contribution >= 4 is 17.5 Å². The quantitative estimate of drug-likeness (QED) is 0.818. The predicted octanol–water partition coefficient (Wildman–Crippen LogP) is 3.24. The highest BCUT2D eigenvalue weighted by atomic mass is 35.5. The molecule has 1 heterocycles. The van der Waals surface area contributed by atoms with Gasteiger partial charge in [0.05, 0.1) is 5.56 Å². The summed E-state index contributed by atoms with van der Waals surface area (Å²) in [5.74, 6) is -2.30. The summed E-state index contributed by atoms with van der Waals surface area (Å²) in [4.78, 5) is 11.7. The fraction of sp³-hybridized carbons (Fsp3) is 0.143. The summed E-state index contributed by atoms with van der Waals surface area (Å²) >= 11 is 5.52. The third-order valence-corrected chi connectivity index (χ3v) is 3.17. The van der Waals surface area contributed by atoms with Crippen LogP contribution in [0.1, 0.15) is 10.4 Å². The lowest BCUT2D eigenvalue weighted by Gasteiger charge is -2.04. The van der Waals surface area contributed by atoms with Crippen molar-refractivity contribution in [1.82, 2.24) is 4.57 Å². The predicted molar refractivity (Wildman–Crippen MR) is 72.0 cm³/mol. The van der Waals surface area contributed by atoms with Gasteiger partial charge in [-0.05, 0) is 12.1 Å². The van der Waals surface area contributed by atoms with Gasteiger partial charge in [-0.15, -0.1) is 0 Å². The Bertz CT molecular complexity index is 750. The zero-order valence-corrected chi connectivity index (χ0v) is 11.6. The van der Waals surface area contributed by atoms with Gasteiger partial charge in [-0.3, -0.25) is 9.36 Å². The van der Waals surface area contributed by atoms with E-state index in [1.165, 1.54) is 19.5 Å². The molecule has 0 fully saturated rings. The van der Waals surface area contributed by atoms with E-state index in [2.05, 4.69) is 0 Å². The van der Waals surface area contributed by atoms with E-state index >= 15 is 0 Å². The molecule has 0 bridgehead atoms. The SMILES string of the molecule is COCC(=O)n1cc(C#N)c(-c2ccc(F)c(Cl)c2F)c1. The molecule has 21 heavy (non-hydrogen) atoms. The van der Waals surface area contributed by atoms with Crippen LogP contribution in [0.2, 0.25) is 5.02 Å². The van der Waals surface area contributed by atoms with Crippen LogP contribution in [-0.2, 0) is 4.74 Å². The number of rotatable bonds is 3. The van der Waals surface area contributed by atoms with Crippen LogP contribution in [0.3, 0.4) is 0 Å². The molecule has 0 aliphatic rings. The maximum atomic E-state index is 14.0. The summed E-state index contributed by atoms with van der Waals surface area (Å²) in [5, 5.41) is 8.42. The van der Waals surface area contributed by atoms with E-state index < -0.39 is 22.6 Å². The lowest BCUT2D eigenvalue weighted by Crippen LogP contribution is -2.14. The van der Waals surface area contributed by atoms with Crippen molar-refractivity contribution < 1.29 is 18.3 Å². The normalized spacial score (nSPS) is 10.4. The molecule has 2 rings (SSSR count). The number of methoxy groups -OCH3 is 1. The molecule has 0 atom stereocenters. The van der Waals surface area contributed by atoms with Gasteiger partial charge in [0, 0.05) is 30.6 Å². The van der Waals surface area contributed by atoms with Gasteiger partial charge in [0.1, 0.15) is 23.5 Å². The summed E-state index contributed by atoms with van der Waals surface area (Å²) < 4.78 is 33.0. The molecule has 0 radical (unpaired) electrons. The number of ether oxygens (including phenoxy) is 1. The van der Waals surface area contributed by atoms with Crippen LogP contribution in [0.5, 0.6) is 0 Å². The lowest BCUT2D eigenvalue weighted by atomic mass is 10.0. The van der Waals surface area contributed by atoms with Gasteiger partial charge in [0.15, 0.2) is 5.82 Å². The number of benzene rings is 1. The average Bonchev–Trinajstić information content (AvgIpc) is 2.89. The molecule has 0 saturated carbocycles. The molecule has 0 aliphatic carbocycles. The number of nitriles is 1. The third kappa shape index (κ3) is 2.79. The number of halogens is 3. The van der Waals surface area contributed by atoms with Gasteiger partial charge >= 0.3 is 0 Å².